The highest BCUT2D eigenvalue weighted by Crippen LogP contribution is 2.36. The smallest absolute Gasteiger partial charge is 0.486 e. The lowest BCUT2D eigenvalue weighted by Gasteiger charge is -2.18. The van der Waals surface area contributed by atoms with Gasteiger partial charge in [0.1, 0.15) is 5.75 Å². The molecule has 6 nitrogen and oxygen atoms in total. The van der Waals surface area contributed by atoms with Crippen LogP contribution < -0.4 is 14.9 Å². The molecule has 0 radical (unpaired) electrons. The Balaban J connectivity index is 1.60. The fourth-order valence-electron chi connectivity index (χ4n) is 3.61. The number of fused-ring (bicyclic) bond motifs is 1. The minimum absolute atomic E-state index is 0.128. The van der Waals surface area contributed by atoms with Crippen LogP contribution in [0.25, 0.3) is 0 Å². The molecule has 1 N–H and O–H groups in total. The third-order valence-electron chi connectivity index (χ3n) is 5.06. The largest absolute Gasteiger partial charge is 0.491 e. The number of carbonyl (C=O) groups excluding carboxylic acids is 1. The highest BCUT2D eigenvalue weighted by atomic mass is 16.5. The molecule has 28 heavy (non-hydrogen) atoms. The summed E-state index contributed by atoms with van der Waals surface area (Å²) in [6.45, 7) is 2.44. The summed E-state index contributed by atoms with van der Waals surface area (Å²) < 4.78 is 22.5. The van der Waals surface area contributed by atoms with Gasteiger partial charge in [0.25, 0.3) is 0 Å². The molecule has 0 saturated heterocycles. The second kappa shape index (κ2) is 8.25. The van der Waals surface area contributed by atoms with Gasteiger partial charge in [-0.3, -0.25) is 0 Å². The van der Waals surface area contributed by atoms with Crippen molar-refractivity contribution in [3.05, 3.63) is 47.5 Å². The van der Waals surface area contributed by atoms with E-state index in [4.69, 9.17) is 18.9 Å². The summed E-state index contributed by atoms with van der Waals surface area (Å²) in [7, 11) is -0.880. The normalized spacial score (nSPS) is 16.1. The third-order valence-corrected chi connectivity index (χ3v) is 5.06. The molecule has 0 amide bonds. The molecule has 2 aliphatic rings. The first-order valence-corrected chi connectivity index (χ1v) is 9.72. The summed E-state index contributed by atoms with van der Waals surface area (Å²) in [5.41, 5.74) is 2.09. The fourth-order valence-corrected chi connectivity index (χ4v) is 3.61. The summed E-state index contributed by atoms with van der Waals surface area (Å²) in [6.07, 6.45) is 4.41. The van der Waals surface area contributed by atoms with Gasteiger partial charge >= 0.3 is 13.1 Å². The van der Waals surface area contributed by atoms with Crippen LogP contribution in [0.5, 0.6) is 17.2 Å². The van der Waals surface area contributed by atoms with E-state index in [1.54, 1.807) is 37.3 Å². The third kappa shape index (κ3) is 4.00. The van der Waals surface area contributed by atoms with E-state index < -0.39 is 7.12 Å². The van der Waals surface area contributed by atoms with Gasteiger partial charge in [0, 0.05) is 0 Å². The molecule has 1 aliphatic carbocycles. The van der Waals surface area contributed by atoms with Gasteiger partial charge in [-0.2, -0.15) is 0 Å². The van der Waals surface area contributed by atoms with Gasteiger partial charge < -0.3 is 23.9 Å². The standard InChI is InChI=1S/C21H23BO6/c1-2-25-21(23)14-7-10-19(20(12-14)27-16-5-3-4-6-16)28-17-8-9-18-15(11-17)13-26-22(18)24/h7-12,16,24H,2-6,13H2,1H3. The lowest BCUT2D eigenvalue weighted by molar-refractivity contribution is 0.0525. The van der Waals surface area contributed by atoms with Crippen molar-refractivity contribution in [2.45, 2.75) is 45.3 Å². The molecule has 7 heteroatoms. The summed E-state index contributed by atoms with van der Waals surface area (Å²) in [6, 6.07) is 10.5. The maximum atomic E-state index is 12.1. The lowest BCUT2D eigenvalue weighted by atomic mass is 9.80. The Hall–Kier alpha value is -2.51. The minimum atomic E-state index is -0.880. The summed E-state index contributed by atoms with van der Waals surface area (Å²) >= 11 is 0. The average molecular weight is 382 g/mol. The number of hydrogen-bond donors (Lipinski definition) is 1. The first kappa shape index (κ1) is 18.8. The van der Waals surface area contributed by atoms with Crippen molar-refractivity contribution in [2.24, 2.45) is 0 Å². The van der Waals surface area contributed by atoms with Crippen LogP contribution in [0.15, 0.2) is 36.4 Å². The van der Waals surface area contributed by atoms with Crippen LogP contribution in [0.3, 0.4) is 0 Å². The van der Waals surface area contributed by atoms with E-state index in [2.05, 4.69) is 0 Å². The van der Waals surface area contributed by atoms with E-state index >= 15 is 0 Å². The van der Waals surface area contributed by atoms with Gasteiger partial charge in [-0.1, -0.05) is 6.07 Å². The topological polar surface area (TPSA) is 74.2 Å². The second-order valence-corrected chi connectivity index (χ2v) is 7.03. The second-order valence-electron chi connectivity index (χ2n) is 7.03. The van der Waals surface area contributed by atoms with Crippen molar-refractivity contribution in [3.63, 3.8) is 0 Å². The molecule has 0 unspecified atom stereocenters. The Labute approximate surface area is 164 Å². The van der Waals surface area contributed by atoms with Crippen LogP contribution in [-0.4, -0.2) is 30.8 Å². The lowest BCUT2D eigenvalue weighted by Crippen LogP contribution is -2.27. The van der Waals surface area contributed by atoms with Gasteiger partial charge in [-0.05, 0) is 74.0 Å². The number of ether oxygens (including phenoxy) is 3. The van der Waals surface area contributed by atoms with Crippen LogP contribution in [0.1, 0.15) is 48.5 Å². The Morgan fingerprint density at radius 1 is 1.18 bits per heavy atom. The fraction of sp³-hybridized carbons (Fsp3) is 0.381. The Kier molecular flexibility index (Phi) is 5.55. The van der Waals surface area contributed by atoms with E-state index in [9.17, 15) is 9.82 Å². The van der Waals surface area contributed by atoms with E-state index in [-0.39, 0.29) is 12.1 Å². The van der Waals surface area contributed by atoms with Crippen LogP contribution in [0.4, 0.5) is 0 Å². The van der Waals surface area contributed by atoms with Crippen LogP contribution >= 0.6 is 0 Å². The van der Waals surface area contributed by atoms with Crippen molar-refractivity contribution in [1.29, 1.82) is 0 Å². The molecule has 2 aromatic rings. The quantitative estimate of drug-likeness (QED) is 0.611. The first-order valence-electron chi connectivity index (χ1n) is 9.72. The summed E-state index contributed by atoms with van der Waals surface area (Å²) in [5.74, 6) is 1.32. The Bertz CT molecular complexity index is 862. The molecule has 0 spiro atoms. The van der Waals surface area contributed by atoms with E-state index in [0.29, 0.717) is 36.0 Å². The van der Waals surface area contributed by atoms with E-state index in [1.165, 1.54) is 0 Å². The molecular formula is C21H23BO6. The molecule has 0 aromatic heterocycles. The zero-order chi connectivity index (χ0) is 19.5. The van der Waals surface area contributed by atoms with Gasteiger partial charge in [0.15, 0.2) is 11.5 Å². The SMILES string of the molecule is CCOC(=O)c1ccc(Oc2ccc3c(c2)COB3O)c(OC2CCCC2)c1. The molecule has 4 rings (SSSR count). The van der Waals surface area contributed by atoms with Gasteiger partial charge in [0.05, 0.1) is 24.9 Å². The number of esters is 1. The van der Waals surface area contributed by atoms with Gasteiger partial charge in [-0.25, -0.2) is 4.79 Å². The molecule has 0 atom stereocenters. The molecule has 0 bridgehead atoms. The predicted octanol–water partition coefficient (Wildman–Crippen LogP) is 3.19. The number of benzene rings is 2. The number of rotatable bonds is 6. The summed E-state index contributed by atoms with van der Waals surface area (Å²) in [5, 5.41) is 9.76. The first-order chi connectivity index (χ1) is 13.6. The van der Waals surface area contributed by atoms with Crippen LogP contribution in [0, 0.1) is 0 Å². The molecular weight excluding hydrogens is 359 g/mol. The van der Waals surface area contributed by atoms with Crippen LogP contribution in [0.2, 0.25) is 0 Å². The van der Waals surface area contributed by atoms with Crippen molar-refractivity contribution in [1.82, 2.24) is 0 Å². The summed E-state index contributed by atoms with van der Waals surface area (Å²) in [4.78, 5) is 12.1. The van der Waals surface area contributed by atoms with Gasteiger partial charge in [-0.15, -0.1) is 0 Å². The molecule has 1 aliphatic heterocycles. The maximum Gasteiger partial charge on any atom is 0.491 e. The van der Waals surface area contributed by atoms with Crippen molar-refractivity contribution >= 4 is 18.6 Å². The molecule has 1 fully saturated rings. The van der Waals surface area contributed by atoms with Crippen LogP contribution in [-0.2, 0) is 16.0 Å². The predicted molar refractivity (Wildman–Crippen MR) is 104 cm³/mol. The number of hydrogen-bond acceptors (Lipinski definition) is 6. The maximum absolute atomic E-state index is 12.1. The van der Waals surface area contributed by atoms with Gasteiger partial charge in [0.2, 0.25) is 0 Å². The molecule has 1 heterocycles. The molecule has 1 saturated carbocycles. The zero-order valence-electron chi connectivity index (χ0n) is 15.8. The molecule has 2 aromatic carbocycles. The highest BCUT2D eigenvalue weighted by molar-refractivity contribution is 6.61. The van der Waals surface area contributed by atoms with E-state index in [0.717, 1.165) is 36.7 Å². The van der Waals surface area contributed by atoms with Crippen molar-refractivity contribution in [3.8, 4) is 17.2 Å². The van der Waals surface area contributed by atoms with E-state index in [1.807, 2.05) is 6.07 Å². The van der Waals surface area contributed by atoms with Crippen molar-refractivity contribution < 1.29 is 28.7 Å². The minimum Gasteiger partial charge on any atom is -0.486 e. The molecule has 146 valence electrons. The zero-order valence-corrected chi connectivity index (χ0v) is 15.8. The Morgan fingerprint density at radius 2 is 2.00 bits per heavy atom. The monoisotopic (exact) mass is 382 g/mol. The highest BCUT2D eigenvalue weighted by Gasteiger charge is 2.27. The van der Waals surface area contributed by atoms with Crippen molar-refractivity contribution in [2.75, 3.05) is 6.61 Å². The Morgan fingerprint density at radius 3 is 2.79 bits per heavy atom. The average Bonchev–Trinajstić information content (AvgIpc) is 3.33. The number of carbonyl (C=O) groups is 1.